The lowest BCUT2D eigenvalue weighted by Crippen LogP contribution is -2.39. The maximum atomic E-state index is 5.37. The molecular formula is C22H30IN3O2. The van der Waals surface area contributed by atoms with Gasteiger partial charge in [-0.25, -0.2) is 0 Å². The maximum absolute atomic E-state index is 5.37. The van der Waals surface area contributed by atoms with Crippen molar-refractivity contribution >= 4 is 29.9 Å². The molecule has 2 N–H and O–H groups in total. The van der Waals surface area contributed by atoms with Crippen LogP contribution in [-0.4, -0.2) is 39.8 Å². The summed E-state index contributed by atoms with van der Waals surface area (Å²) >= 11 is 0. The zero-order valence-electron chi connectivity index (χ0n) is 17.0. The molecule has 1 aliphatic carbocycles. The van der Waals surface area contributed by atoms with E-state index in [1.165, 1.54) is 16.7 Å². The van der Waals surface area contributed by atoms with Gasteiger partial charge in [-0.3, -0.25) is 4.99 Å². The lowest BCUT2D eigenvalue weighted by Gasteiger charge is -2.13. The van der Waals surface area contributed by atoms with Gasteiger partial charge < -0.3 is 20.1 Å². The highest BCUT2D eigenvalue weighted by Crippen LogP contribution is 2.42. The van der Waals surface area contributed by atoms with Crippen molar-refractivity contribution in [3.8, 4) is 11.5 Å². The number of benzene rings is 2. The van der Waals surface area contributed by atoms with Gasteiger partial charge in [-0.1, -0.05) is 30.3 Å². The minimum Gasteiger partial charge on any atom is -0.493 e. The molecule has 2 atom stereocenters. The standard InChI is InChI=1S/C22H29N3O2.HI/c1-15-7-5-6-8-17(15)18-14-19(18)25-22(23-2)24-12-11-16-9-10-20(26-3)21(13-16)27-4;/h5-10,13,18-19H,11-12,14H2,1-4H3,(H2,23,24,25);1H. The Labute approximate surface area is 184 Å². The number of aliphatic imine (C=N–C) groups is 1. The summed E-state index contributed by atoms with van der Waals surface area (Å²) in [5.74, 6) is 2.95. The number of halogens is 1. The average Bonchev–Trinajstić information content (AvgIpc) is 3.46. The quantitative estimate of drug-likeness (QED) is 0.348. The number of nitrogens with zero attached hydrogens (tertiary/aromatic N) is 1. The van der Waals surface area contributed by atoms with Crippen molar-refractivity contribution in [1.29, 1.82) is 0 Å². The largest absolute Gasteiger partial charge is 0.493 e. The van der Waals surface area contributed by atoms with Crippen LogP contribution in [0, 0.1) is 6.92 Å². The van der Waals surface area contributed by atoms with Crippen LogP contribution >= 0.6 is 24.0 Å². The first-order chi connectivity index (χ1) is 13.2. The highest BCUT2D eigenvalue weighted by Gasteiger charge is 2.39. The van der Waals surface area contributed by atoms with Crippen LogP contribution < -0.4 is 20.1 Å². The second-order valence-corrected chi connectivity index (χ2v) is 6.89. The number of guanidine groups is 1. The van der Waals surface area contributed by atoms with Gasteiger partial charge in [0, 0.05) is 25.6 Å². The van der Waals surface area contributed by atoms with E-state index in [-0.39, 0.29) is 24.0 Å². The highest BCUT2D eigenvalue weighted by molar-refractivity contribution is 14.0. The topological polar surface area (TPSA) is 54.9 Å². The predicted molar refractivity (Wildman–Crippen MR) is 125 cm³/mol. The molecule has 2 unspecified atom stereocenters. The van der Waals surface area contributed by atoms with E-state index < -0.39 is 0 Å². The number of ether oxygens (including phenoxy) is 2. The van der Waals surface area contributed by atoms with E-state index in [0.29, 0.717) is 12.0 Å². The molecule has 0 aliphatic heterocycles. The van der Waals surface area contributed by atoms with Crippen LogP contribution in [-0.2, 0) is 6.42 Å². The molecule has 0 saturated heterocycles. The molecule has 0 heterocycles. The van der Waals surface area contributed by atoms with E-state index in [1.807, 2.05) is 19.2 Å². The van der Waals surface area contributed by atoms with E-state index in [0.717, 1.165) is 36.8 Å². The van der Waals surface area contributed by atoms with Crippen LogP contribution in [0.1, 0.15) is 29.0 Å². The predicted octanol–water partition coefficient (Wildman–Crippen LogP) is 3.89. The van der Waals surface area contributed by atoms with Crippen molar-refractivity contribution in [1.82, 2.24) is 10.6 Å². The third-order valence-corrected chi connectivity index (χ3v) is 5.08. The fourth-order valence-electron chi connectivity index (χ4n) is 3.43. The number of hydrogen-bond acceptors (Lipinski definition) is 3. The van der Waals surface area contributed by atoms with Crippen LogP contribution in [0.25, 0.3) is 0 Å². The first kappa shape index (κ1) is 22.3. The lowest BCUT2D eigenvalue weighted by atomic mass is 10.0. The molecule has 1 aliphatic rings. The van der Waals surface area contributed by atoms with Gasteiger partial charge in [-0.15, -0.1) is 24.0 Å². The summed E-state index contributed by atoms with van der Waals surface area (Å²) in [4.78, 5) is 4.36. The van der Waals surface area contributed by atoms with Crippen molar-refractivity contribution < 1.29 is 9.47 Å². The van der Waals surface area contributed by atoms with Crippen LogP contribution in [0.5, 0.6) is 11.5 Å². The van der Waals surface area contributed by atoms with Gasteiger partial charge in [0.25, 0.3) is 0 Å². The molecule has 28 heavy (non-hydrogen) atoms. The minimum absolute atomic E-state index is 0. The molecule has 0 radical (unpaired) electrons. The third-order valence-electron chi connectivity index (χ3n) is 5.08. The average molecular weight is 495 g/mol. The molecule has 5 nitrogen and oxygen atoms in total. The summed E-state index contributed by atoms with van der Waals surface area (Å²) < 4.78 is 10.7. The minimum atomic E-state index is 0. The van der Waals surface area contributed by atoms with Gasteiger partial charge in [0.2, 0.25) is 0 Å². The lowest BCUT2D eigenvalue weighted by molar-refractivity contribution is 0.354. The molecular weight excluding hydrogens is 465 g/mol. The molecule has 0 aromatic heterocycles. The van der Waals surface area contributed by atoms with E-state index in [2.05, 4.69) is 52.9 Å². The Hall–Kier alpha value is -1.96. The van der Waals surface area contributed by atoms with Crippen LogP contribution in [0.15, 0.2) is 47.5 Å². The van der Waals surface area contributed by atoms with Crippen molar-refractivity contribution in [3.63, 3.8) is 0 Å². The second kappa shape index (κ2) is 10.5. The monoisotopic (exact) mass is 495 g/mol. The molecule has 152 valence electrons. The van der Waals surface area contributed by atoms with E-state index in [1.54, 1.807) is 14.2 Å². The smallest absolute Gasteiger partial charge is 0.191 e. The number of rotatable bonds is 7. The van der Waals surface area contributed by atoms with Crippen molar-refractivity contribution in [2.24, 2.45) is 4.99 Å². The van der Waals surface area contributed by atoms with Gasteiger partial charge >= 0.3 is 0 Å². The van der Waals surface area contributed by atoms with Crippen LogP contribution in [0.3, 0.4) is 0 Å². The summed E-state index contributed by atoms with van der Waals surface area (Å²) in [7, 11) is 5.12. The maximum Gasteiger partial charge on any atom is 0.191 e. The number of methoxy groups -OCH3 is 2. The molecule has 3 rings (SSSR count). The fourth-order valence-corrected chi connectivity index (χ4v) is 3.43. The summed E-state index contributed by atoms with van der Waals surface area (Å²) in [6.07, 6.45) is 2.04. The zero-order chi connectivity index (χ0) is 19.2. The molecule has 1 saturated carbocycles. The number of nitrogens with one attached hydrogen (secondary N) is 2. The molecule has 1 fully saturated rings. The Morgan fingerprint density at radius 3 is 2.54 bits per heavy atom. The Morgan fingerprint density at radius 1 is 1.11 bits per heavy atom. The summed E-state index contributed by atoms with van der Waals surface area (Å²) in [5.41, 5.74) is 4.00. The van der Waals surface area contributed by atoms with Gasteiger partial charge in [-0.05, 0) is 48.6 Å². The van der Waals surface area contributed by atoms with Crippen molar-refractivity contribution in [2.75, 3.05) is 27.8 Å². The molecule has 0 bridgehead atoms. The van der Waals surface area contributed by atoms with Gasteiger partial charge in [0.1, 0.15) is 0 Å². The summed E-state index contributed by atoms with van der Waals surface area (Å²) in [6, 6.07) is 15.1. The van der Waals surface area contributed by atoms with Crippen LogP contribution in [0.2, 0.25) is 0 Å². The number of hydrogen-bond donors (Lipinski definition) is 2. The van der Waals surface area contributed by atoms with Gasteiger partial charge in [0.05, 0.1) is 14.2 Å². The van der Waals surface area contributed by atoms with Crippen molar-refractivity contribution in [3.05, 3.63) is 59.2 Å². The fraction of sp³-hybridized carbons (Fsp3) is 0.409. The SMILES string of the molecule is CN=C(NCCc1ccc(OC)c(OC)c1)NC1CC1c1ccccc1C.I. The third kappa shape index (κ3) is 5.53. The molecule has 0 spiro atoms. The first-order valence-corrected chi connectivity index (χ1v) is 9.40. The summed E-state index contributed by atoms with van der Waals surface area (Å²) in [5, 5.41) is 6.95. The highest BCUT2D eigenvalue weighted by atomic mass is 127. The Kier molecular flexibility index (Phi) is 8.41. The second-order valence-electron chi connectivity index (χ2n) is 6.89. The molecule has 2 aromatic carbocycles. The Morgan fingerprint density at radius 2 is 1.86 bits per heavy atom. The van der Waals surface area contributed by atoms with Gasteiger partial charge in [-0.2, -0.15) is 0 Å². The first-order valence-electron chi connectivity index (χ1n) is 9.40. The van der Waals surface area contributed by atoms with E-state index >= 15 is 0 Å². The zero-order valence-corrected chi connectivity index (χ0v) is 19.3. The van der Waals surface area contributed by atoms with Gasteiger partial charge in [0.15, 0.2) is 17.5 Å². The summed E-state index contributed by atoms with van der Waals surface area (Å²) in [6.45, 7) is 2.98. The van der Waals surface area contributed by atoms with E-state index in [9.17, 15) is 0 Å². The number of aryl methyl sites for hydroxylation is 1. The molecule has 0 amide bonds. The molecule has 2 aromatic rings. The van der Waals surface area contributed by atoms with Crippen molar-refractivity contribution in [2.45, 2.75) is 31.7 Å². The Balaban J connectivity index is 0.00000280. The van der Waals surface area contributed by atoms with E-state index in [4.69, 9.17) is 9.47 Å². The normalized spacial score (nSPS) is 18.1. The van der Waals surface area contributed by atoms with Crippen LogP contribution in [0.4, 0.5) is 0 Å². The molecule has 6 heteroatoms. The Bertz CT molecular complexity index is 810.